The molecule has 0 saturated carbocycles. The molecule has 3 aromatic rings. The molecule has 0 saturated heterocycles. The van der Waals surface area contributed by atoms with E-state index in [2.05, 4.69) is 0 Å². The Morgan fingerprint density at radius 3 is 2.18 bits per heavy atom. The predicted molar refractivity (Wildman–Crippen MR) is 93.1 cm³/mol. The second-order valence-electron chi connectivity index (χ2n) is 5.02. The first-order valence-corrected chi connectivity index (χ1v) is 8.16. The van der Waals surface area contributed by atoms with Crippen molar-refractivity contribution in [1.29, 1.82) is 0 Å². The molecule has 0 radical (unpaired) electrons. The molecule has 3 rings (SSSR count). The van der Waals surface area contributed by atoms with Gasteiger partial charge in [-0.05, 0) is 25.0 Å². The van der Waals surface area contributed by atoms with E-state index < -0.39 is 0 Å². The Bertz CT molecular complexity index is 737. The van der Waals surface area contributed by atoms with Crippen LogP contribution in [0.15, 0.2) is 60.7 Å². The van der Waals surface area contributed by atoms with Gasteiger partial charge in [-0.25, -0.2) is 4.68 Å². The van der Waals surface area contributed by atoms with E-state index in [1.807, 2.05) is 65.3 Å². The van der Waals surface area contributed by atoms with E-state index in [4.69, 9.17) is 28.3 Å². The fraction of sp³-hybridized carbons (Fsp3) is 0.167. The lowest BCUT2D eigenvalue weighted by Gasteiger charge is -2.06. The van der Waals surface area contributed by atoms with Crippen molar-refractivity contribution in [2.24, 2.45) is 0 Å². The number of halogens is 2. The lowest BCUT2D eigenvalue weighted by atomic mass is 10.1. The first kappa shape index (κ1) is 15.1. The monoisotopic (exact) mass is 330 g/mol. The van der Waals surface area contributed by atoms with Crippen molar-refractivity contribution in [3.63, 3.8) is 0 Å². The van der Waals surface area contributed by atoms with E-state index in [-0.39, 0.29) is 0 Å². The van der Waals surface area contributed by atoms with Gasteiger partial charge in [-0.1, -0.05) is 60.1 Å². The van der Waals surface area contributed by atoms with Crippen molar-refractivity contribution in [1.82, 2.24) is 9.78 Å². The molecule has 0 spiro atoms. The fourth-order valence-corrected chi connectivity index (χ4v) is 2.90. The Kier molecular flexibility index (Phi) is 4.81. The van der Waals surface area contributed by atoms with Gasteiger partial charge in [0.2, 0.25) is 0 Å². The molecule has 0 N–H and O–H groups in total. The SMILES string of the molecule is ClCCCc1c(Cl)c(-c2ccccc2)nn1-c1ccccc1. The van der Waals surface area contributed by atoms with Gasteiger partial charge in [-0.3, -0.25) is 0 Å². The number of alkyl halides is 1. The summed E-state index contributed by atoms with van der Waals surface area (Å²) in [5, 5.41) is 5.45. The zero-order chi connectivity index (χ0) is 15.4. The minimum atomic E-state index is 0.608. The van der Waals surface area contributed by atoms with Gasteiger partial charge in [0.1, 0.15) is 5.69 Å². The van der Waals surface area contributed by atoms with Gasteiger partial charge >= 0.3 is 0 Å². The summed E-state index contributed by atoms with van der Waals surface area (Å²) in [6.45, 7) is 0. The van der Waals surface area contributed by atoms with Gasteiger partial charge in [-0.2, -0.15) is 5.10 Å². The second kappa shape index (κ2) is 6.99. The molecule has 2 nitrogen and oxygen atoms in total. The second-order valence-corrected chi connectivity index (χ2v) is 5.77. The number of hydrogen-bond acceptors (Lipinski definition) is 1. The number of hydrogen-bond donors (Lipinski definition) is 0. The summed E-state index contributed by atoms with van der Waals surface area (Å²) >= 11 is 12.5. The van der Waals surface area contributed by atoms with Crippen LogP contribution in [-0.4, -0.2) is 15.7 Å². The maximum absolute atomic E-state index is 6.62. The zero-order valence-electron chi connectivity index (χ0n) is 12.0. The third kappa shape index (κ3) is 3.03. The highest BCUT2D eigenvalue weighted by Crippen LogP contribution is 2.32. The highest BCUT2D eigenvalue weighted by molar-refractivity contribution is 6.33. The van der Waals surface area contributed by atoms with Crippen molar-refractivity contribution in [3.05, 3.63) is 71.4 Å². The van der Waals surface area contributed by atoms with Crippen LogP contribution in [0.4, 0.5) is 0 Å². The van der Waals surface area contributed by atoms with Crippen LogP contribution in [0.3, 0.4) is 0 Å². The highest BCUT2D eigenvalue weighted by atomic mass is 35.5. The van der Waals surface area contributed by atoms with Crippen LogP contribution in [0.25, 0.3) is 16.9 Å². The molecule has 1 heterocycles. The Balaban J connectivity index is 2.12. The lowest BCUT2D eigenvalue weighted by molar-refractivity contribution is 0.779. The van der Waals surface area contributed by atoms with E-state index in [1.165, 1.54) is 0 Å². The number of benzene rings is 2. The van der Waals surface area contributed by atoms with E-state index >= 15 is 0 Å². The maximum Gasteiger partial charge on any atom is 0.112 e. The molecule has 4 heteroatoms. The summed E-state index contributed by atoms with van der Waals surface area (Å²) in [6.07, 6.45) is 1.67. The Labute approximate surface area is 140 Å². The fourth-order valence-electron chi connectivity index (χ4n) is 2.45. The zero-order valence-corrected chi connectivity index (χ0v) is 13.6. The highest BCUT2D eigenvalue weighted by Gasteiger charge is 2.18. The number of aromatic nitrogens is 2. The smallest absolute Gasteiger partial charge is 0.112 e. The molecule has 2 aromatic carbocycles. The van der Waals surface area contributed by atoms with Crippen LogP contribution in [-0.2, 0) is 6.42 Å². The molecule has 0 amide bonds. The molecule has 0 bridgehead atoms. The summed E-state index contributed by atoms with van der Waals surface area (Å²) in [6, 6.07) is 20.1. The number of nitrogens with zero attached hydrogens (tertiary/aromatic N) is 2. The quantitative estimate of drug-likeness (QED) is 0.575. The molecule has 112 valence electrons. The summed E-state index contributed by atoms with van der Waals surface area (Å²) in [7, 11) is 0. The average Bonchev–Trinajstić information content (AvgIpc) is 2.91. The first-order valence-electron chi connectivity index (χ1n) is 7.25. The molecule has 0 aliphatic rings. The molecule has 0 fully saturated rings. The normalized spacial score (nSPS) is 10.8. The minimum absolute atomic E-state index is 0.608. The van der Waals surface area contributed by atoms with Gasteiger partial charge in [-0.15, -0.1) is 11.6 Å². The Hall–Kier alpha value is -1.77. The molecule has 0 aliphatic carbocycles. The third-order valence-corrected chi connectivity index (χ3v) is 4.18. The lowest BCUT2D eigenvalue weighted by Crippen LogP contribution is -2.02. The molecular formula is C18H16Cl2N2. The van der Waals surface area contributed by atoms with Crippen molar-refractivity contribution in [2.45, 2.75) is 12.8 Å². The van der Waals surface area contributed by atoms with Crippen molar-refractivity contribution >= 4 is 23.2 Å². The van der Waals surface area contributed by atoms with Gasteiger partial charge in [0.25, 0.3) is 0 Å². The molecule has 22 heavy (non-hydrogen) atoms. The van der Waals surface area contributed by atoms with Crippen LogP contribution >= 0.6 is 23.2 Å². The van der Waals surface area contributed by atoms with Crippen molar-refractivity contribution in [3.8, 4) is 16.9 Å². The van der Waals surface area contributed by atoms with Crippen LogP contribution in [0.5, 0.6) is 0 Å². The summed E-state index contributed by atoms with van der Waals surface area (Å²) in [5.41, 5.74) is 3.86. The van der Waals surface area contributed by atoms with Gasteiger partial charge in [0.15, 0.2) is 0 Å². The van der Waals surface area contributed by atoms with E-state index in [0.29, 0.717) is 10.9 Å². The van der Waals surface area contributed by atoms with Crippen LogP contribution in [0.1, 0.15) is 12.1 Å². The Morgan fingerprint density at radius 2 is 1.55 bits per heavy atom. The minimum Gasteiger partial charge on any atom is -0.236 e. The van der Waals surface area contributed by atoms with Crippen LogP contribution < -0.4 is 0 Å². The van der Waals surface area contributed by atoms with Gasteiger partial charge < -0.3 is 0 Å². The van der Waals surface area contributed by atoms with Gasteiger partial charge in [0, 0.05) is 11.4 Å². The molecule has 0 aliphatic heterocycles. The summed E-state index contributed by atoms with van der Waals surface area (Å²) < 4.78 is 1.93. The molecule has 1 aromatic heterocycles. The molecule has 0 atom stereocenters. The number of rotatable bonds is 5. The van der Waals surface area contributed by atoms with Crippen LogP contribution in [0, 0.1) is 0 Å². The Morgan fingerprint density at radius 1 is 0.909 bits per heavy atom. The van der Waals surface area contributed by atoms with Crippen molar-refractivity contribution < 1.29 is 0 Å². The van der Waals surface area contributed by atoms with Crippen molar-refractivity contribution in [2.75, 3.05) is 5.88 Å². The summed E-state index contributed by atoms with van der Waals surface area (Å²) in [5.74, 6) is 0.608. The molecular weight excluding hydrogens is 315 g/mol. The topological polar surface area (TPSA) is 17.8 Å². The first-order chi connectivity index (χ1) is 10.8. The maximum atomic E-state index is 6.62. The standard InChI is InChI=1S/C18H16Cl2N2/c19-13-7-12-16-17(20)18(14-8-3-1-4-9-14)21-22(16)15-10-5-2-6-11-15/h1-6,8-11H,7,12-13H2. The third-order valence-electron chi connectivity index (χ3n) is 3.51. The number of para-hydroxylation sites is 1. The molecule has 0 unspecified atom stereocenters. The summed E-state index contributed by atoms with van der Waals surface area (Å²) in [4.78, 5) is 0. The predicted octanol–water partition coefficient (Wildman–Crippen LogP) is 5.36. The van der Waals surface area contributed by atoms with E-state index in [1.54, 1.807) is 0 Å². The van der Waals surface area contributed by atoms with Crippen LogP contribution in [0.2, 0.25) is 5.02 Å². The largest absolute Gasteiger partial charge is 0.236 e. The van der Waals surface area contributed by atoms with Gasteiger partial charge in [0.05, 0.1) is 16.4 Å². The van der Waals surface area contributed by atoms with E-state index in [0.717, 1.165) is 35.5 Å². The average molecular weight is 331 g/mol. The van der Waals surface area contributed by atoms with E-state index in [9.17, 15) is 0 Å².